The molecule has 0 spiro atoms. The summed E-state index contributed by atoms with van der Waals surface area (Å²) in [5, 5.41) is 4.50. The standard InChI is InChI=1S/C16H16N2OS/c19-16-14-12-7-4-8-13(12)20-15(14)17-10-18(16)9-11-5-2-1-3-6-11/h1-3,5-6,17H,4,7-10H2. The number of thiophene rings is 1. The molecule has 20 heavy (non-hydrogen) atoms. The molecule has 4 heteroatoms. The predicted octanol–water partition coefficient (Wildman–Crippen LogP) is 3.26. The molecule has 1 aliphatic heterocycles. The Labute approximate surface area is 122 Å². The van der Waals surface area contributed by atoms with E-state index >= 15 is 0 Å². The Balaban J connectivity index is 1.64. The van der Waals surface area contributed by atoms with Crippen LogP contribution >= 0.6 is 11.3 Å². The number of fused-ring (bicyclic) bond motifs is 3. The van der Waals surface area contributed by atoms with E-state index in [2.05, 4.69) is 17.4 Å². The maximum Gasteiger partial charge on any atom is 0.258 e. The first-order valence-corrected chi connectivity index (χ1v) is 7.86. The van der Waals surface area contributed by atoms with Gasteiger partial charge in [0.1, 0.15) is 5.00 Å². The number of anilines is 1. The molecule has 1 aliphatic carbocycles. The van der Waals surface area contributed by atoms with Gasteiger partial charge in [-0.1, -0.05) is 30.3 Å². The molecule has 0 saturated carbocycles. The van der Waals surface area contributed by atoms with Crippen molar-refractivity contribution in [2.24, 2.45) is 0 Å². The van der Waals surface area contributed by atoms with Crippen molar-refractivity contribution in [2.45, 2.75) is 25.8 Å². The van der Waals surface area contributed by atoms with Crippen LogP contribution in [0.4, 0.5) is 5.00 Å². The topological polar surface area (TPSA) is 32.3 Å². The van der Waals surface area contributed by atoms with Crippen molar-refractivity contribution in [3.05, 3.63) is 51.9 Å². The second-order valence-electron chi connectivity index (χ2n) is 5.39. The van der Waals surface area contributed by atoms with Crippen LogP contribution in [0.1, 0.15) is 32.8 Å². The van der Waals surface area contributed by atoms with Crippen molar-refractivity contribution in [2.75, 3.05) is 12.0 Å². The van der Waals surface area contributed by atoms with Gasteiger partial charge >= 0.3 is 0 Å². The summed E-state index contributed by atoms with van der Waals surface area (Å²) < 4.78 is 0. The van der Waals surface area contributed by atoms with Crippen molar-refractivity contribution >= 4 is 22.2 Å². The number of nitrogens with one attached hydrogen (secondary N) is 1. The third-order valence-corrected chi connectivity index (χ3v) is 5.32. The second-order valence-corrected chi connectivity index (χ2v) is 6.49. The Hall–Kier alpha value is -1.81. The molecule has 2 aliphatic rings. The highest BCUT2D eigenvalue weighted by Gasteiger charge is 2.32. The van der Waals surface area contributed by atoms with E-state index in [1.165, 1.54) is 22.4 Å². The maximum absolute atomic E-state index is 12.7. The van der Waals surface area contributed by atoms with Gasteiger partial charge in [-0.2, -0.15) is 0 Å². The molecule has 2 aromatic rings. The summed E-state index contributed by atoms with van der Waals surface area (Å²) in [4.78, 5) is 16.1. The summed E-state index contributed by atoms with van der Waals surface area (Å²) in [7, 11) is 0. The van der Waals surface area contributed by atoms with Crippen LogP contribution in [0.15, 0.2) is 30.3 Å². The normalized spacial score (nSPS) is 16.8. The zero-order valence-electron chi connectivity index (χ0n) is 11.2. The number of carbonyl (C=O) groups excluding carboxylic acids is 1. The smallest absolute Gasteiger partial charge is 0.258 e. The number of amides is 1. The minimum absolute atomic E-state index is 0.196. The first-order valence-electron chi connectivity index (χ1n) is 7.04. The highest BCUT2D eigenvalue weighted by Crippen LogP contribution is 2.41. The number of hydrogen-bond donors (Lipinski definition) is 1. The van der Waals surface area contributed by atoms with Gasteiger partial charge in [0.15, 0.2) is 0 Å². The number of aryl methyl sites for hydroxylation is 1. The van der Waals surface area contributed by atoms with Gasteiger partial charge in [-0.3, -0.25) is 4.79 Å². The van der Waals surface area contributed by atoms with E-state index in [4.69, 9.17) is 0 Å². The SMILES string of the molecule is O=C1c2c(sc3c2CCC3)NCN1Cc1ccccc1. The van der Waals surface area contributed by atoms with Gasteiger partial charge in [0, 0.05) is 11.4 Å². The molecule has 0 bridgehead atoms. The van der Waals surface area contributed by atoms with Gasteiger partial charge in [0.25, 0.3) is 5.91 Å². The average molecular weight is 284 g/mol. The molecule has 0 radical (unpaired) electrons. The highest BCUT2D eigenvalue weighted by molar-refractivity contribution is 7.16. The Morgan fingerprint density at radius 2 is 2.05 bits per heavy atom. The van der Waals surface area contributed by atoms with Gasteiger partial charge in [0.05, 0.1) is 12.2 Å². The summed E-state index contributed by atoms with van der Waals surface area (Å²) in [6.07, 6.45) is 3.40. The summed E-state index contributed by atoms with van der Waals surface area (Å²) in [5.41, 5.74) is 3.43. The summed E-state index contributed by atoms with van der Waals surface area (Å²) in [6, 6.07) is 10.2. The molecular formula is C16H16N2OS. The minimum atomic E-state index is 0.196. The van der Waals surface area contributed by atoms with Crippen LogP contribution in [-0.4, -0.2) is 17.5 Å². The lowest BCUT2D eigenvalue weighted by Gasteiger charge is -2.28. The van der Waals surface area contributed by atoms with E-state index in [1.807, 2.05) is 23.1 Å². The molecule has 102 valence electrons. The van der Waals surface area contributed by atoms with Crippen LogP contribution in [0, 0.1) is 0 Å². The minimum Gasteiger partial charge on any atom is -0.359 e. The van der Waals surface area contributed by atoms with Gasteiger partial charge in [-0.05, 0) is 30.4 Å². The largest absolute Gasteiger partial charge is 0.359 e. The van der Waals surface area contributed by atoms with Gasteiger partial charge in [0.2, 0.25) is 0 Å². The lowest BCUT2D eigenvalue weighted by Crippen LogP contribution is -2.39. The monoisotopic (exact) mass is 284 g/mol. The van der Waals surface area contributed by atoms with Gasteiger partial charge < -0.3 is 10.2 Å². The molecule has 1 amide bonds. The van der Waals surface area contributed by atoms with Crippen molar-refractivity contribution in [3.8, 4) is 0 Å². The number of benzene rings is 1. The fourth-order valence-corrected chi connectivity index (χ4v) is 4.35. The molecule has 0 atom stereocenters. The molecule has 1 N–H and O–H groups in total. The zero-order chi connectivity index (χ0) is 13.5. The maximum atomic E-state index is 12.7. The fourth-order valence-electron chi connectivity index (χ4n) is 3.08. The number of carbonyl (C=O) groups is 1. The summed E-state index contributed by atoms with van der Waals surface area (Å²) in [5.74, 6) is 0.196. The second kappa shape index (κ2) is 4.63. The molecule has 3 nitrogen and oxygen atoms in total. The molecular weight excluding hydrogens is 268 g/mol. The van der Waals surface area contributed by atoms with E-state index in [9.17, 15) is 4.79 Å². The average Bonchev–Trinajstić information content (AvgIpc) is 3.03. The van der Waals surface area contributed by atoms with E-state index in [0.717, 1.165) is 23.4 Å². The summed E-state index contributed by atoms with van der Waals surface area (Å²) in [6.45, 7) is 1.29. The number of rotatable bonds is 2. The van der Waals surface area contributed by atoms with E-state index in [1.54, 1.807) is 11.3 Å². The molecule has 4 rings (SSSR count). The lowest BCUT2D eigenvalue weighted by molar-refractivity contribution is 0.0746. The van der Waals surface area contributed by atoms with Crippen molar-refractivity contribution in [1.29, 1.82) is 0 Å². The van der Waals surface area contributed by atoms with Crippen LogP contribution < -0.4 is 5.32 Å². The van der Waals surface area contributed by atoms with E-state index in [-0.39, 0.29) is 5.91 Å². The first kappa shape index (κ1) is 12.0. The lowest BCUT2D eigenvalue weighted by atomic mass is 10.1. The quantitative estimate of drug-likeness (QED) is 0.918. The van der Waals surface area contributed by atoms with Crippen LogP contribution in [0.3, 0.4) is 0 Å². The molecule has 1 aromatic heterocycles. The Kier molecular flexibility index (Phi) is 2.77. The van der Waals surface area contributed by atoms with Crippen molar-refractivity contribution in [1.82, 2.24) is 4.90 Å². The van der Waals surface area contributed by atoms with Crippen LogP contribution in [-0.2, 0) is 19.4 Å². The molecule has 0 saturated heterocycles. The number of hydrogen-bond acceptors (Lipinski definition) is 3. The van der Waals surface area contributed by atoms with Crippen molar-refractivity contribution < 1.29 is 4.79 Å². The Morgan fingerprint density at radius 1 is 1.20 bits per heavy atom. The Bertz CT molecular complexity index is 663. The molecule has 0 fully saturated rings. The van der Waals surface area contributed by atoms with Crippen LogP contribution in [0.25, 0.3) is 0 Å². The fraction of sp³-hybridized carbons (Fsp3) is 0.312. The van der Waals surface area contributed by atoms with Gasteiger partial charge in [-0.15, -0.1) is 11.3 Å². The highest BCUT2D eigenvalue weighted by atomic mass is 32.1. The zero-order valence-corrected chi connectivity index (χ0v) is 12.0. The van der Waals surface area contributed by atoms with Gasteiger partial charge in [-0.25, -0.2) is 0 Å². The molecule has 2 heterocycles. The number of nitrogens with zero attached hydrogens (tertiary/aromatic N) is 1. The third-order valence-electron chi connectivity index (χ3n) is 4.07. The van der Waals surface area contributed by atoms with Crippen LogP contribution in [0.2, 0.25) is 0 Å². The molecule has 0 unspecified atom stereocenters. The molecule has 1 aromatic carbocycles. The predicted molar refractivity (Wildman–Crippen MR) is 81.1 cm³/mol. The van der Waals surface area contributed by atoms with E-state index in [0.29, 0.717) is 13.2 Å². The Morgan fingerprint density at radius 3 is 2.90 bits per heavy atom. The first-order chi connectivity index (χ1) is 9.83. The van der Waals surface area contributed by atoms with E-state index < -0.39 is 0 Å². The van der Waals surface area contributed by atoms with Crippen molar-refractivity contribution in [3.63, 3.8) is 0 Å². The summed E-state index contributed by atoms with van der Waals surface area (Å²) >= 11 is 1.78. The third kappa shape index (κ3) is 1.83. The van der Waals surface area contributed by atoms with Crippen LogP contribution in [0.5, 0.6) is 0 Å².